The van der Waals surface area contributed by atoms with E-state index in [9.17, 15) is 13.2 Å². The molecule has 12 heavy (non-hydrogen) atoms. The first-order chi connectivity index (χ1) is 5.54. The highest BCUT2D eigenvalue weighted by Crippen LogP contribution is 2.33. The first-order valence-electron chi connectivity index (χ1n) is 3.05. The highest BCUT2D eigenvalue weighted by molar-refractivity contribution is 7.97. The van der Waals surface area contributed by atoms with Crippen LogP contribution in [0.15, 0.2) is 6.20 Å². The number of alkyl halides is 3. The van der Waals surface area contributed by atoms with Crippen LogP contribution in [-0.4, -0.2) is 11.2 Å². The number of thioether (sulfide) groups is 1. The van der Waals surface area contributed by atoms with Crippen LogP contribution >= 0.6 is 23.1 Å². The lowest BCUT2D eigenvalue weighted by atomic mass is 10.6. The minimum Gasteiger partial charge on any atom is -0.240 e. The number of nitrogens with zero attached hydrogens (tertiary/aromatic N) is 1. The molecule has 1 aromatic rings. The van der Waals surface area contributed by atoms with E-state index < -0.39 is 11.2 Å². The number of hydrogen-bond donors (Lipinski definition) is 0. The number of thiazole rings is 1. The Balaban J connectivity index is 2.77. The molecule has 1 heterocycles. The Hall–Kier alpha value is -0.230. The Morgan fingerprint density at radius 1 is 1.58 bits per heavy atom. The van der Waals surface area contributed by atoms with Crippen LogP contribution < -0.4 is 0 Å². The van der Waals surface area contributed by atoms with Crippen LogP contribution in [0, 0.1) is 0 Å². The van der Waals surface area contributed by atoms with E-state index in [4.69, 9.17) is 0 Å². The van der Waals surface area contributed by atoms with Gasteiger partial charge in [-0.05, 0) is 6.26 Å². The second-order valence-electron chi connectivity index (χ2n) is 2.06. The smallest absolute Gasteiger partial charge is 0.240 e. The van der Waals surface area contributed by atoms with E-state index in [0.29, 0.717) is 22.0 Å². The van der Waals surface area contributed by atoms with Gasteiger partial charge >= 0.3 is 6.18 Å². The van der Waals surface area contributed by atoms with E-state index in [1.807, 2.05) is 6.26 Å². The Morgan fingerprint density at radius 2 is 2.25 bits per heavy atom. The van der Waals surface area contributed by atoms with Crippen molar-refractivity contribution in [3.63, 3.8) is 0 Å². The molecule has 0 bridgehead atoms. The quantitative estimate of drug-likeness (QED) is 0.749. The molecule has 6 heteroatoms. The lowest BCUT2D eigenvalue weighted by Gasteiger charge is -1.98. The zero-order valence-electron chi connectivity index (χ0n) is 6.18. The van der Waals surface area contributed by atoms with E-state index in [1.165, 1.54) is 18.0 Å². The zero-order valence-corrected chi connectivity index (χ0v) is 7.82. The fraction of sp³-hybridized carbons (Fsp3) is 0.500. The molecule has 0 aliphatic rings. The van der Waals surface area contributed by atoms with Gasteiger partial charge in [-0.1, -0.05) is 0 Å². The monoisotopic (exact) mass is 213 g/mol. The van der Waals surface area contributed by atoms with Gasteiger partial charge in [0.25, 0.3) is 0 Å². The Bertz CT molecular complexity index is 256. The third kappa shape index (κ3) is 2.38. The van der Waals surface area contributed by atoms with E-state index in [-0.39, 0.29) is 0 Å². The fourth-order valence-corrected chi connectivity index (χ4v) is 2.17. The van der Waals surface area contributed by atoms with Gasteiger partial charge in [-0.15, -0.1) is 11.3 Å². The minimum atomic E-state index is -4.29. The molecule has 0 atom stereocenters. The highest BCUT2D eigenvalue weighted by Gasteiger charge is 2.34. The molecule has 0 saturated carbocycles. The van der Waals surface area contributed by atoms with Crippen molar-refractivity contribution in [3.8, 4) is 0 Å². The summed E-state index contributed by atoms with van der Waals surface area (Å²) < 4.78 is 35.9. The van der Waals surface area contributed by atoms with Crippen molar-refractivity contribution in [1.82, 2.24) is 4.98 Å². The molecule has 1 nitrogen and oxygen atoms in total. The minimum absolute atomic E-state index is 0.591. The van der Waals surface area contributed by atoms with Crippen LogP contribution in [0.5, 0.6) is 0 Å². The first kappa shape index (κ1) is 9.85. The van der Waals surface area contributed by atoms with Crippen LogP contribution in [0.2, 0.25) is 0 Å². The van der Waals surface area contributed by atoms with Crippen molar-refractivity contribution >= 4 is 23.1 Å². The van der Waals surface area contributed by atoms with E-state index >= 15 is 0 Å². The summed E-state index contributed by atoms with van der Waals surface area (Å²) in [5.41, 5.74) is 0. The van der Waals surface area contributed by atoms with E-state index in [2.05, 4.69) is 4.98 Å². The molecule has 0 N–H and O–H groups in total. The molecule has 0 unspecified atom stereocenters. The number of rotatable bonds is 2. The van der Waals surface area contributed by atoms with Gasteiger partial charge in [-0.25, -0.2) is 4.98 Å². The lowest BCUT2D eigenvalue weighted by Crippen LogP contribution is -2.02. The van der Waals surface area contributed by atoms with Gasteiger partial charge in [0.05, 0.1) is 0 Å². The number of aromatic nitrogens is 1. The van der Waals surface area contributed by atoms with Crippen molar-refractivity contribution < 1.29 is 13.2 Å². The summed E-state index contributed by atoms with van der Waals surface area (Å²) in [5.74, 6) is 0.591. The van der Waals surface area contributed by atoms with Gasteiger partial charge in [0.2, 0.25) is 0 Å². The maximum absolute atomic E-state index is 12.0. The summed E-state index contributed by atoms with van der Waals surface area (Å²) in [6, 6.07) is 0. The summed E-state index contributed by atoms with van der Waals surface area (Å²) in [6.45, 7) is 0. The highest BCUT2D eigenvalue weighted by atomic mass is 32.2. The average molecular weight is 213 g/mol. The van der Waals surface area contributed by atoms with Gasteiger partial charge in [-0.3, -0.25) is 0 Å². The third-order valence-electron chi connectivity index (χ3n) is 1.08. The molecular weight excluding hydrogens is 207 g/mol. The van der Waals surface area contributed by atoms with Crippen molar-refractivity contribution in [3.05, 3.63) is 16.1 Å². The topological polar surface area (TPSA) is 12.9 Å². The third-order valence-corrected chi connectivity index (χ3v) is 2.91. The van der Waals surface area contributed by atoms with Crippen LogP contribution in [0.25, 0.3) is 0 Å². The molecule has 68 valence electrons. The molecular formula is C6H6F3NS2. The molecule has 0 aliphatic carbocycles. The first-order valence-corrected chi connectivity index (χ1v) is 5.26. The van der Waals surface area contributed by atoms with Crippen molar-refractivity contribution in [1.29, 1.82) is 0 Å². The summed E-state index contributed by atoms with van der Waals surface area (Å²) >= 11 is 2.19. The Morgan fingerprint density at radius 3 is 2.67 bits per heavy atom. The molecule has 0 aliphatic heterocycles. The summed E-state index contributed by atoms with van der Waals surface area (Å²) in [6.07, 6.45) is -1.17. The molecule has 0 saturated heterocycles. The van der Waals surface area contributed by atoms with Gasteiger partial charge in [0.15, 0.2) is 5.01 Å². The second kappa shape index (κ2) is 3.66. The van der Waals surface area contributed by atoms with Gasteiger partial charge < -0.3 is 0 Å². The van der Waals surface area contributed by atoms with Gasteiger partial charge in [-0.2, -0.15) is 24.9 Å². The molecule has 0 aromatic carbocycles. The molecule has 0 amide bonds. The normalized spacial score (nSPS) is 12.0. The predicted octanol–water partition coefficient (Wildman–Crippen LogP) is 3.02. The van der Waals surface area contributed by atoms with E-state index in [1.54, 1.807) is 0 Å². The maximum atomic E-state index is 12.0. The Kier molecular flexibility index (Phi) is 3.00. The fourth-order valence-electron chi connectivity index (χ4n) is 0.648. The van der Waals surface area contributed by atoms with Crippen LogP contribution in [-0.2, 0) is 11.9 Å². The zero-order chi connectivity index (χ0) is 9.19. The summed E-state index contributed by atoms with van der Waals surface area (Å²) in [5, 5.41) is -0.758. The molecule has 0 radical (unpaired) electrons. The van der Waals surface area contributed by atoms with Crippen LogP contribution in [0.3, 0.4) is 0 Å². The maximum Gasteiger partial charge on any atom is 0.443 e. The summed E-state index contributed by atoms with van der Waals surface area (Å²) in [7, 11) is 0. The van der Waals surface area contributed by atoms with Crippen molar-refractivity contribution in [2.75, 3.05) is 6.26 Å². The predicted molar refractivity (Wildman–Crippen MR) is 44.3 cm³/mol. The van der Waals surface area contributed by atoms with Crippen LogP contribution in [0.4, 0.5) is 13.2 Å². The molecule has 1 rings (SSSR count). The summed E-state index contributed by atoms with van der Waals surface area (Å²) in [4.78, 5) is 3.95. The number of hydrogen-bond acceptors (Lipinski definition) is 3. The second-order valence-corrected chi connectivity index (χ2v) is 4.04. The van der Waals surface area contributed by atoms with Crippen molar-refractivity contribution in [2.24, 2.45) is 0 Å². The molecule has 0 fully saturated rings. The number of halogens is 3. The lowest BCUT2D eigenvalue weighted by molar-refractivity contribution is -0.137. The molecule has 1 aromatic heterocycles. The Labute approximate surface area is 76.0 Å². The SMILES string of the molecule is CSCc1cnc(C(F)(F)F)s1. The van der Waals surface area contributed by atoms with Crippen LogP contribution in [0.1, 0.15) is 9.88 Å². The standard InChI is InChI=1S/C6H6F3NS2/c1-11-3-4-2-10-5(12-4)6(7,8)9/h2H,3H2,1H3. The van der Waals surface area contributed by atoms with Crippen molar-refractivity contribution in [2.45, 2.75) is 11.9 Å². The van der Waals surface area contributed by atoms with Gasteiger partial charge in [0.1, 0.15) is 0 Å². The van der Waals surface area contributed by atoms with E-state index in [0.717, 1.165) is 0 Å². The molecule has 0 spiro atoms. The van der Waals surface area contributed by atoms with Gasteiger partial charge in [0, 0.05) is 16.8 Å². The average Bonchev–Trinajstić information content (AvgIpc) is 2.35. The largest absolute Gasteiger partial charge is 0.443 e.